The van der Waals surface area contributed by atoms with E-state index >= 15 is 0 Å². The topological polar surface area (TPSA) is 73.2 Å². The highest BCUT2D eigenvalue weighted by atomic mass is 16.3. The van der Waals surface area contributed by atoms with E-state index in [1.54, 1.807) is 6.92 Å². The zero-order valence-corrected chi connectivity index (χ0v) is 7.56. The number of carbonyl (C=O) groups is 1. The van der Waals surface area contributed by atoms with Gasteiger partial charge in [0, 0.05) is 12.8 Å². The molecule has 0 saturated carbocycles. The molecule has 12 heavy (non-hydrogen) atoms. The van der Waals surface area contributed by atoms with Gasteiger partial charge >= 0.3 is 0 Å². The number of rotatable bonds is 3. The molecule has 0 atom stereocenters. The Bertz CT molecular complexity index is 209. The number of amides is 1. The van der Waals surface area contributed by atoms with Crippen LogP contribution in [-0.2, 0) is 4.79 Å². The summed E-state index contributed by atoms with van der Waals surface area (Å²) in [5.74, 6) is -0.525. The highest BCUT2D eigenvalue weighted by molar-refractivity contribution is 6.20. The van der Waals surface area contributed by atoms with E-state index in [0.717, 1.165) is 0 Å². The van der Waals surface area contributed by atoms with Crippen LogP contribution in [0.3, 0.4) is 0 Å². The number of hydrogen-bond acceptors (Lipinski definition) is 3. The summed E-state index contributed by atoms with van der Waals surface area (Å²) in [6.07, 6.45) is 0.431. The molecule has 68 valence electrons. The second kappa shape index (κ2) is 4.54. The third-order valence-corrected chi connectivity index (χ3v) is 1.47. The van der Waals surface area contributed by atoms with Crippen molar-refractivity contribution in [1.29, 1.82) is 5.41 Å². The van der Waals surface area contributed by atoms with Crippen molar-refractivity contribution in [2.75, 3.05) is 7.05 Å². The summed E-state index contributed by atoms with van der Waals surface area (Å²) in [6.45, 7) is 3.16. The van der Waals surface area contributed by atoms with E-state index in [4.69, 9.17) is 10.5 Å². The molecule has 0 aliphatic carbocycles. The third kappa shape index (κ3) is 2.38. The lowest BCUT2D eigenvalue weighted by Crippen LogP contribution is -2.25. The zero-order valence-electron chi connectivity index (χ0n) is 7.56. The van der Waals surface area contributed by atoms with E-state index in [-0.39, 0.29) is 17.0 Å². The van der Waals surface area contributed by atoms with Gasteiger partial charge in [-0.15, -0.1) is 0 Å². The van der Waals surface area contributed by atoms with Crippen molar-refractivity contribution < 1.29 is 9.90 Å². The van der Waals surface area contributed by atoms with Gasteiger partial charge in [0.15, 0.2) is 0 Å². The molecule has 0 saturated heterocycles. The highest BCUT2D eigenvalue weighted by Crippen LogP contribution is 2.05. The van der Waals surface area contributed by atoms with Crippen LogP contribution in [0.25, 0.3) is 0 Å². The number of hydrogen-bond donors (Lipinski definition) is 3. The lowest BCUT2D eigenvalue weighted by atomic mass is 10.1. The summed E-state index contributed by atoms with van der Waals surface area (Å²) in [5, 5.41) is 18.8. The Hall–Kier alpha value is -1.32. The van der Waals surface area contributed by atoms with Gasteiger partial charge in [-0.1, -0.05) is 6.92 Å². The molecule has 0 aliphatic heterocycles. The Balaban J connectivity index is 4.83. The molecule has 4 nitrogen and oxygen atoms in total. The molecule has 0 fully saturated rings. The van der Waals surface area contributed by atoms with Crippen LogP contribution in [0, 0.1) is 5.41 Å². The van der Waals surface area contributed by atoms with Crippen molar-refractivity contribution in [3.63, 3.8) is 0 Å². The lowest BCUT2D eigenvalue weighted by Gasteiger charge is -2.06. The predicted molar refractivity (Wildman–Crippen MR) is 47.4 cm³/mol. The van der Waals surface area contributed by atoms with Gasteiger partial charge in [-0.25, -0.2) is 0 Å². The Morgan fingerprint density at radius 1 is 1.58 bits per heavy atom. The molecule has 0 aromatic carbocycles. The first kappa shape index (κ1) is 10.7. The van der Waals surface area contributed by atoms with E-state index in [0.29, 0.717) is 6.42 Å². The maximum Gasteiger partial charge on any atom is 0.256 e. The third-order valence-electron chi connectivity index (χ3n) is 1.47. The van der Waals surface area contributed by atoms with Crippen molar-refractivity contribution in [3.05, 3.63) is 11.3 Å². The van der Waals surface area contributed by atoms with Gasteiger partial charge in [-0.05, 0) is 13.3 Å². The number of aliphatic hydroxyl groups is 1. The summed E-state index contributed by atoms with van der Waals surface area (Å²) < 4.78 is 0. The van der Waals surface area contributed by atoms with E-state index in [1.165, 1.54) is 14.0 Å². The summed E-state index contributed by atoms with van der Waals surface area (Å²) in [5.41, 5.74) is 0.217. The first-order valence-corrected chi connectivity index (χ1v) is 3.74. The van der Waals surface area contributed by atoms with Gasteiger partial charge in [0.05, 0.1) is 5.57 Å². The van der Waals surface area contributed by atoms with Gasteiger partial charge in [-0.2, -0.15) is 0 Å². The van der Waals surface area contributed by atoms with Crippen LogP contribution >= 0.6 is 0 Å². The SMILES string of the molecule is CCC(=N)/C(C(=O)NC)=C(\C)O. The Labute approximate surface area is 71.8 Å². The molecular formula is C8H14N2O2. The Morgan fingerprint density at radius 3 is 2.33 bits per heavy atom. The number of nitrogens with one attached hydrogen (secondary N) is 2. The number of likely N-dealkylation sites (N-methyl/N-ethyl adjacent to an activating group) is 1. The fourth-order valence-corrected chi connectivity index (χ4v) is 0.821. The normalized spacial score (nSPS) is 11.9. The first-order valence-electron chi connectivity index (χ1n) is 3.74. The monoisotopic (exact) mass is 170 g/mol. The Morgan fingerprint density at radius 2 is 2.08 bits per heavy atom. The molecule has 0 heterocycles. The van der Waals surface area contributed by atoms with E-state index < -0.39 is 5.91 Å². The minimum atomic E-state index is -0.415. The molecule has 3 N–H and O–H groups in total. The van der Waals surface area contributed by atoms with E-state index in [9.17, 15) is 4.79 Å². The van der Waals surface area contributed by atoms with Crippen LogP contribution in [-0.4, -0.2) is 23.8 Å². The summed E-state index contributed by atoms with van der Waals surface area (Å²) in [6, 6.07) is 0. The zero-order chi connectivity index (χ0) is 9.72. The average Bonchev–Trinajstić information content (AvgIpc) is 2.03. The second-order valence-corrected chi connectivity index (χ2v) is 2.37. The fraction of sp³-hybridized carbons (Fsp3) is 0.500. The number of allylic oxidation sites excluding steroid dienone is 1. The fourth-order valence-electron chi connectivity index (χ4n) is 0.821. The van der Waals surface area contributed by atoms with Crippen molar-refractivity contribution >= 4 is 11.6 Å². The van der Waals surface area contributed by atoms with Gasteiger partial charge in [0.25, 0.3) is 5.91 Å². The molecule has 1 amide bonds. The molecule has 0 radical (unpaired) electrons. The number of aliphatic hydroxyl groups excluding tert-OH is 1. The molecule has 0 unspecified atom stereocenters. The van der Waals surface area contributed by atoms with Crippen LogP contribution in [0.4, 0.5) is 0 Å². The molecule has 0 spiro atoms. The minimum absolute atomic E-state index is 0.0694. The largest absolute Gasteiger partial charge is 0.512 e. The van der Waals surface area contributed by atoms with Gasteiger partial charge in [-0.3, -0.25) is 4.79 Å². The standard InChI is InChI=1S/C8H14N2O2/c1-4-6(9)7(5(2)11)8(12)10-3/h9,11H,4H2,1-3H3,(H,10,12)/b7-5-,9-6?. The molecule has 0 aliphatic rings. The average molecular weight is 170 g/mol. The van der Waals surface area contributed by atoms with Crippen molar-refractivity contribution in [2.24, 2.45) is 0 Å². The molecular weight excluding hydrogens is 156 g/mol. The maximum atomic E-state index is 11.1. The molecule has 4 heteroatoms. The van der Waals surface area contributed by atoms with Crippen LogP contribution in [0.15, 0.2) is 11.3 Å². The van der Waals surface area contributed by atoms with Gasteiger partial charge in [0.1, 0.15) is 5.76 Å². The van der Waals surface area contributed by atoms with Gasteiger partial charge in [0.2, 0.25) is 0 Å². The molecule has 0 aromatic rings. The predicted octanol–water partition coefficient (Wildman–Crippen LogP) is 0.994. The van der Waals surface area contributed by atoms with E-state index in [2.05, 4.69) is 5.32 Å². The van der Waals surface area contributed by atoms with E-state index in [1.807, 2.05) is 0 Å². The van der Waals surface area contributed by atoms with Crippen molar-refractivity contribution in [3.8, 4) is 0 Å². The Kier molecular flexibility index (Phi) is 4.04. The molecule has 0 aromatic heterocycles. The first-order chi connectivity index (χ1) is 5.54. The minimum Gasteiger partial charge on any atom is -0.512 e. The second-order valence-electron chi connectivity index (χ2n) is 2.37. The van der Waals surface area contributed by atoms with Crippen LogP contribution in [0.2, 0.25) is 0 Å². The number of carbonyl (C=O) groups excluding carboxylic acids is 1. The quantitative estimate of drug-likeness (QED) is 0.336. The maximum absolute atomic E-state index is 11.1. The smallest absolute Gasteiger partial charge is 0.256 e. The summed E-state index contributed by atoms with van der Waals surface area (Å²) in [4.78, 5) is 11.1. The van der Waals surface area contributed by atoms with Crippen LogP contribution < -0.4 is 5.32 Å². The van der Waals surface area contributed by atoms with Crippen molar-refractivity contribution in [1.82, 2.24) is 5.32 Å². The molecule has 0 rings (SSSR count). The van der Waals surface area contributed by atoms with Crippen molar-refractivity contribution in [2.45, 2.75) is 20.3 Å². The highest BCUT2D eigenvalue weighted by Gasteiger charge is 2.14. The lowest BCUT2D eigenvalue weighted by molar-refractivity contribution is -0.116. The summed E-state index contributed by atoms with van der Waals surface area (Å²) >= 11 is 0. The molecule has 0 bridgehead atoms. The van der Waals surface area contributed by atoms with Crippen LogP contribution in [0.5, 0.6) is 0 Å². The van der Waals surface area contributed by atoms with Crippen LogP contribution in [0.1, 0.15) is 20.3 Å². The van der Waals surface area contributed by atoms with Gasteiger partial charge < -0.3 is 15.8 Å². The summed E-state index contributed by atoms with van der Waals surface area (Å²) in [7, 11) is 1.47.